The smallest absolute Gasteiger partial charge is 0.365 e. The van der Waals surface area contributed by atoms with Crippen molar-refractivity contribution in [2.24, 2.45) is 0 Å². The Bertz CT molecular complexity index is 869. The van der Waals surface area contributed by atoms with Gasteiger partial charge in [-0.25, -0.2) is 15.0 Å². The number of halogens is 3. The summed E-state index contributed by atoms with van der Waals surface area (Å²) in [4.78, 5) is 11.6. The van der Waals surface area contributed by atoms with Gasteiger partial charge in [0.2, 0.25) is 5.82 Å². The first-order valence-electron chi connectivity index (χ1n) is 7.61. The first kappa shape index (κ1) is 14.9. The van der Waals surface area contributed by atoms with Gasteiger partial charge in [0, 0.05) is 6.04 Å². The van der Waals surface area contributed by atoms with Gasteiger partial charge in [-0.1, -0.05) is 30.3 Å². The van der Waals surface area contributed by atoms with Crippen LogP contribution in [0, 0.1) is 0 Å². The third-order valence-electron chi connectivity index (χ3n) is 3.83. The molecule has 0 aliphatic heterocycles. The summed E-state index contributed by atoms with van der Waals surface area (Å²) in [7, 11) is 0. The number of imidazole rings is 1. The molecule has 1 N–H and O–H groups in total. The molecule has 4 rings (SSSR count). The summed E-state index contributed by atoms with van der Waals surface area (Å²) in [5.41, 5.74) is 1.51. The Balaban J connectivity index is 1.80. The molecular weight excluding hydrogens is 319 g/mol. The lowest BCUT2D eigenvalue weighted by molar-refractivity contribution is -0.144. The average Bonchev–Trinajstić information content (AvgIpc) is 3.27. The Hall–Kier alpha value is -2.64. The van der Waals surface area contributed by atoms with Crippen molar-refractivity contribution in [1.29, 1.82) is 0 Å². The van der Waals surface area contributed by atoms with Crippen LogP contribution in [0.3, 0.4) is 0 Å². The topological polar surface area (TPSA) is 55.6 Å². The average molecular weight is 333 g/mol. The van der Waals surface area contributed by atoms with E-state index in [0.717, 1.165) is 18.4 Å². The third-order valence-corrected chi connectivity index (χ3v) is 3.83. The Morgan fingerprint density at radius 3 is 2.54 bits per heavy atom. The lowest BCUT2D eigenvalue weighted by Crippen LogP contribution is -2.15. The van der Waals surface area contributed by atoms with Gasteiger partial charge in [0.25, 0.3) is 0 Å². The fourth-order valence-electron chi connectivity index (χ4n) is 2.49. The monoisotopic (exact) mass is 333 g/mol. The molecule has 5 nitrogen and oxygen atoms in total. The summed E-state index contributed by atoms with van der Waals surface area (Å²) in [6.07, 6.45) is -1.24. The molecule has 1 aliphatic carbocycles. The van der Waals surface area contributed by atoms with E-state index < -0.39 is 12.0 Å². The van der Waals surface area contributed by atoms with Crippen LogP contribution >= 0.6 is 0 Å². The Labute approximate surface area is 135 Å². The van der Waals surface area contributed by atoms with E-state index in [1.54, 1.807) is 4.57 Å². The van der Waals surface area contributed by atoms with E-state index in [4.69, 9.17) is 0 Å². The largest absolute Gasteiger partial charge is 0.451 e. The van der Waals surface area contributed by atoms with E-state index in [1.807, 2.05) is 30.3 Å². The third kappa shape index (κ3) is 2.91. The predicted molar refractivity (Wildman–Crippen MR) is 82.5 cm³/mol. The summed E-state index contributed by atoms with van der Waals surface area (Å²) in [6, 6.07) is 9.62. The molecule has 0 saturated heterocycles. The van der Waals surface area contributed by atoms with Crippen LogP contribution in [0.5, 0.6) is 0 Å². The van der Waals surface area contributed by atoms with E-state index in [1.165, 1.54) is 6.33 Å². The number of hydrogen-bond donors (Lipinski definition) is 1. The quantitative estimate of drug-likeness (QED) is 0.794. The van der Waals surface area contributed by atoms with Crippen molar-refractivity contribution in [2.75, 3.05) is 5.32 Å². The number of alkyl halides is 3. The van der Waals surface area contributed by atoms with Crippen molar-refractivity contribution in [3.05, 3.63) is 48.0 Å². The molecule has 0 radical (unpaired) electrons. The molecule has 2 aromatic heterocycles. The number of nitrogens with one attached hydrogen (secondary N) is 1. The molecule has 0 unspecified atom stereocenters. The number of hydrogen-bond acceptors (Lipinski definition) is 4. The number of nitrogens with zero attached hydrogens (tertiary/aromatic N) is 4. The van der Waals surface area contributed by atoms with E-state index in [2.05, 4.69) is 20.3 Å². The Morgan fingerprint density at radius 1 is 1.12 bits per heavy atom. The van der Waals surface area contributed by atoms with Crippen LogP contribution in [0.1, 0.15) is 24.2 Å². The summed E-state index contributed by atoms with van der Waals surface area (Å²) in [5.74, 6) is -0.991. The van der Waals surface area contributed by atoms with Crippen molar-refractivity contribution in [1.82, 2.24) is 19.5 Å². The molecule has 1 saturated carbocycles. The normalized spacial score (nSPS) is 15.0. The minimum absolute atomic E-state index is 0.154. The Kier molecular flexibility index (Phi) is 3.40. The minimum Gasteiger partial charge on any atom is -0.365 e. The molecule has 0 amide bonds. The van der Waals surface area contributed by atoms with Gasteiger partial charge in [-0.3, -0.25) is 0 Å². The lowest BCUT2D eigenvalue weighted by atomic mass is 10.2. The van der Waals surface area contributed by atoms with Crippen molar-refractivity contribution in [3.8, 4) is 0 Å². The molecule has 3 aromatic rings. The fraction of sp³-hybridized carbons (Fsp3) is 0.312. The van der Waals surface area contributed by atoms with Crippen molar-refractivity contribution in [2.45, 2.75) is 31.6 Å². The van der Waals surface area contributed by atoms with Gasteiger partial charge in [0.1, 0.15) is 5.52 Å². The summed E-state index contributed by atoms with van der Waals surface area (Å²) >= 11 is 0. The standard InChI is InChI=1S/C16H14F3N5/c17-16(18,19)15-22-13(21-11-6-7-11)12-14(23-15)24(9-20-12)8-10-4-2-1-3-5-10/h1-5,9,11H,6-8H2,(H,21,22,23). The SMILES string of the molecule is FC(F)(F)c1nc(NC2CC2)c2ncn(Cc3ccccc3)c2n1. The van der Waals surface area contributed by atoms with Gasteiger partial charge < -0.3 is 9.88 Å². The number of rotatable bonds is 4. The van der Waals surface area contributed by atoms with Crippen LogP contribution in [0.2, 0.25) is 0 Å². The van der Waals surface area contributed by atoms with Gasteiger partial charge in [-0.05, 0) is 18.4 Å². The molecule has 2 heterocycles. The lowest BCUT2D eigenvalue weighted by Gasteiger charge is -2.10. The molecule has 1 aliphatic rings. The molecular formula is C16H14F3N5. The van der Waals surface area contributed by atoms with Crippen molar-refractivity contribution in [3.63, 3.8) is 0 Å². The van der Waals surface area contributed by atoms with Crippen LogP contribution in [0.25, 0.3) is 11.2 Å². The van der Waals surface area contributed by atoms with Crippen LogP contribution in [0.15, 0.2) is 36.7 Å². The first-order chi connectivity index (χ1) is 11.5. The predicted octanol–water partition coefficient (Wildman–Crippen LogP) is 3.47. The molecule has 0 spiro atoms. The summed E-state index contributed by atoms with van der Waals surface area (Å²) < 4.78 is 41.0. The minimum atomic E-state index is -4.60. The highest BCUT2D eigenvalue weighted by molar-refractivity contribution is 5.83. The second kappa shape index (κ2) is 5.47. The molecule has 0 bridgehead atoms. The summed E-state index contributed by atoms with van der Waals surface area (Å²) in [5, 5.41) is 3.02. The molecule has 24 heavy (non-hydrogen) atoms. The highest BCUT2D eigenvalue weighted by Gasteiger charge is 2.37. The second-order valence-electron chi connectivity index (χ2n) is 5.84. The number of fused-ring (bicyclic) bond motifs is 1. The van der Waals surface area contributed by atoms with Crippen LogP contribution in [-0.2, 0) is 12.7 Å². The van der Waals surface area contributed by atoms with Crippen LogP contribution in [-0.4, -0.2) is 25.6 Å². The number of aromatic nitrogens is 4. The van der Waals surface area contributed by atoms with E-state index in [9.17, 15) is 13.2 Å². The zero-order valence-electron chi connectivity index (χ0n) is 12.6. The van der Waals surface area contributed by atoms with Gasteiger partial charge in [0.05, 0.1) is 12.9 Å². The zero-order valence-corrected chi connectivity index (χ0v) is 12.6. The molecule has 1 fully saturated rings. The van der Waals surface area contributed by atoms with E-state index in [0.29, 0.717) is 12.1 Å². The number of benzene rings is 1. The first-order valence-corrected chi connectivity index (χ1v) is 7.61. The maximum atomic E-state index is 13.1. The zero-order chi connectivity index (χ0) is 16.7. The fourth-order valence-corrected chi connectivity index (χ4v) is 2.49. The van der Waals surface area contributed by atoms with E-state index >= 15 is 0 Å². The molecule has 1 aromatic carbocycles. The maximum Gasteiger partial charge on any atom is 0.451 e. The van der Waals surface area contributed by atoms with Crippen LogP contribution in [0.4, 0.5) is 19.0 Å². The van der Waals surface area contributed by atoms with Gasteiger partial charge in [0.15, 0.2) is 11.5 Å². The van der Waals surface area contributed by atoms with Gasteiger partial charge >= 0.3 is 6.18 Å². The number of anilines is 1. The molecule has 8 heteroatoms. The maximum absolute atomic E-state index is 13.1. The molecule has 0 atom stereocenters. The Morgan fingerprint density at radius 2 is 1.88 bits per heavy atom. The van der Waals surface area contributed by atoms with E-state index in [-0.39, 0.29) is 17.5 Å². The summed E-state index contributed by atoms with van der Waals surface area (Å²) in [6.45, 7) is 0.397. The molecule has 124 valence electrons. The van der Waals surface area contributed by atoms with Gasteiger partial charge in [-0.15, -0.1) is 0 Å². The second-order valence-corrected chi connectivity index (χ2v) is 5.84. The highest BCUT2D eigenvalue weighted by Crippen LogP contribution is 2.32. The van der Waals surface area contributed by atoms with Gasteiger partial charge in [-0.2, -0.15) is 13.2 Å². The van der Waals surface area contributed by atoms with Crippen molar-refractivity contribution >= 4 is 17.0 Å². The van der Waals surface area contributed by atoms with Crippen LogP contribution < -0.4 is 5.32 Å². The highest BCUT2D eigenvalue weighted by atomic mass is 19.4. The van der Waals surface area contributed by atoms with Crippen molar-refractivity contribution < 1.29 is 13.2 Å².